The molecule has 3 nitrogen and oxygen atoms in total. The fourth-order valence-electron chi connectivity index (χ4n) is 2.81. The first-order valence-corrected chi connectivity index (χ1v) is 6.59. The van der Waals surface area contributed by atoms with Crippen LogP contribution in [0.4, 0.5) is 18.9 Å². The summed E-state index contributed by atoms with van der Waals surface area (Å²) in [6.07, 6.45) is 4.40. The predicted octanol–water partition coefficient (Wildman–Crippen LogP) is 3.21. The molecule has 0 saturated heterocycles. The number of aromatic nitrogens is 1. The van der Waals surface area contributed by atoms with Crippen molar-refractivity contribution in [3.63, 3.8) is 0 Å². The molecule has 6 heteroatoms. The van der Waals surface area contributed by atoms with Crippen LogP contribution in [0.2, 0.25) is 0 Å². The van der Waals surface area contributed by atoms with Crippen LogP contribution >= 0.6 is 0 Å². The second-order valence-corrected chi connectivity index (χ2v) is 5.00. The lowest BCUT2D eigenvalue weighted by Crippen LogP contribution is -2.13. The number of nitrogens with two attached hydrogens (primary N) is 1. The Morgan fingerprint density at radius 3 is 2.55 bits per heavy atom. The average Bonchev–Trinajstić information content (AvgIpc) is 2.68. The third kappa shape index (κ3) is 1.91. The van der Waals surface area contributed by atoms with Crippen molar-refractivity contribution in [3.8, 4) is 0 Å². The lowest BCUT2D eigenvalue weighted by Gasteiger charge is -2.15. The summed E-state index contributed by atoms with van der Waals surface area (Å²) in [5.74, 6) is 1.52. The van der Waals surface area contributed by atoms with Crippen molar-refractivity contribution in [2.75, 3.05) is 5.43 Å². The summed E-state index contributed by atoms with van der Waals surface area (Å²) in [5.41, 5.74) is 4.38. The molecule has 0 aliphatic heterocycles. The van der Waals surface area contributed by atoms with Gasteiger partial charge in [-0.25, -0.2) is 18.2 Å². The van der Waals surface area contributed by atoms with Gasteiger partial charge in [-0.15, -0.1) is 0 Å². The Balaban J connectivity index is 2.39. The zero-order valence-corrected chi connectivity index (χ0v) is 10.8. The maximum Gasteiger partial charge on any atom is 0.196 e. The average molecular weight is 281 g/mol. The highest BCUT2D eigenvalue weighted by Gasteiger charge is 2.22. The maximum atomic E-state index is 13.9. The molecule has 0 fully saturated rings. The lowest BCUT2D eigenvalue weighted by molar-refractivity contribution is 0.452. The van der Waals surface area contributed by atoms with Gasteiger partial charge in [0.15, 0.2) is 17.5 Å². The zero-order chi connectivity index (χ0) is 14.3. The molecule has 0 bridgehead atoms. The van der Waals surface area contributed by atoms with Gasteiger partial charge in [0.2, 0.25) is 0 Å². The Kier molecular flexibility index (Phi) is 3.25. The van der Waals surface area contributed by atoms with Gasteiger partial charge in [-0.2, -0.15) is 0 Å². The first kappa shape index (κ1) is 13.2. The predicted molar refractivity (Wildman–Crippen MR) is 70.7 cm³/mol. The van der Waals surface area contributed by atoms with Crippen LogP contribution in [0, 0.1) is 17.5 Å². The molecule has 20 heavy (non-hydrogen) atoms. The number of hydrogen-bond acceptors (Lipinski definition) is 3. The minimum Gasteiger partial charge on any atom is -0.323 e. The van der Waals surface area contributed by atoms with Crippen molar-refractivity contribution in [2.45, 2.75) is 32.1 Å². The molecule has 0 unspecified atom stereocenters. The number of rotatable bonds is 1. The van der Waals surface area contributed by atoms with Crippen molar-refractivity contribution < 1.29 is 13.2 Å². The molecule has 0 amide bonds. The monoisotopic (exact) mass is 281 g/mol. The van der Waals surface area contributed by atoms with E-state index >= 15 is 0 Å². The van der Waals surface area contributed by atoms with Crippen LogP contribution in [0.25, 0.3) is 10.9 Å². The Labute approximate surface area is 114 Å². The number of nitrogen functional groups attached to an aromatic ring is 1. The third-order valence-corrected chi connectivity index (χ3v) is 3.79. The fraction of sp³-hybridized carbons (Fsp3) is 0.357. The zero-order valence-electron chi connectivity index (χ0n) is 10.8. The van der Waals surface area contributed by atoms with Gasteiger partial charge in [-0.05, 0) is 37.3 Å². The second-order valence-electron chi connectivity index (χ2n) is 5.00. The standard InChI is InChI=1S/C14H14F3N3/c15-9-6-8-13(20-18)7-4-2-1-3-5-10(7)19-14(8)12(17)11(9)16/h6H,1-5,18H2,(H,19,20). The molecule has 1 heterocycles. The number of halogens is 3. The van der Waals surface area contributed by atoms with Gasteiger partial charge < -0.3 is 5.43 Å². The highest BCUT2D eigenvalue weighted by molar-refractivity contribution is 5.93. The topological polar surface area (TPSA) is 50.9 Å². The number of pyridine rings is 1. The van der Waals surface area contributed by atoms with E-state index in [4.69, 9.17) is 5.84 Å². The van der Waals surface area contributed by atoms with Gasteiger partial charge >= 0.3 is 0 Å². The van der Waals surface area contributed by atoms with Gasteiger partial charge in [0.1, 0.15) is 5.52 Å². The Hall–Kier alpha value is -1.82. The number of nitrogens with one attached hydrogen (secondary N) is 1. The first-order chi connectivity index (χ1) is 9.63. The highest BCUT2D eigenvalue weighted by atomic mass is 19.2. The molecular weight excluding hydrogens is 267 g/mol. The smallest absolute Gasteiger partial charge is 0.196 e. The van der Waals surface area contributed by atoms with E-state index in [1.54, 1.807) is 0 Å². The van der Waals surface area contributed by atoms with Crippen LogP contribution in [0.1, 0.15) is 30.5 Å². The summed E-state index contributed by atoms with van der Waals surface area (Å²) < 4.78 is 40.7. The summed E-state index contributed by atoms with van der Waals surface area (Å²) in [7, 11) is 0. The van der Waals surface area contributed by atoms with Crippen molar-refractivity contribution >= 4 is 16.6 Å². The number of fused-ring (bicyclic) bond motifs is 2. The van der Waals surface area contributed by atoms with Crippen LogP contribution in [0.15, 0.2) is 6.07 Å². The molecule has 106 valence electrons. The van der Waals surface area contributed by atoms with Crippen LogP contribution in [-0.4, -0.2) is 4.98 Å². The number of aryl methyl sites for hydroxylation is 1. The fourth-order valence-corrected chi connectivity index (χ4v) is 2.81. The summed E-state index contributed by atoms with van der Waals surface area (Å²) in [6.45, 7) is 0. The molecule has 0 atom stereocenters. The van der Waals surface area contributed by atoms with E-state index in [9.17, 15) is 13.2 Å². The molecule has 3 N–H and O–H groups in total. The minimum atomic E-state index is -1.50. The highest BCUT2D eigenvalue weighted by Crippen LogP contribution is 2.34. The lowest BCUT2D eigenvalue weighted by atomic mass is 10.0. The van der Waals surface area contributed by atoms with E-state index in [2.05, 4.69) is 10.4 Å². The number of anilines is 1. The summed E-state index contributed by atoms with van der Waals surface area (Å²) in [6, 6.07) is 0.946. The number of nitrogens with zero attached hydrogens (tertiary/aromatic N) is 1. The molecule has 0 radical (unpaired) electrons. The molecular formula is C14H14F3N3. The number of hydrazine groups is 1. The summed E-state index contributed by atoms with van der Waals surface area (Å²) >= 11 is 0. The maximum absolute atomic E-state index is 13.9. The summed E-state index contributed by atoms with van der Waals surface area (Å²) in [4.78, 5) is 4.21. The van der Waals surface area contributed by atoms with Gasteiger partial charge in [0.25, 0.3) is 0 Å². The molecule has 1 aliphatic rings. The van der Waals surface area contributed by atoms with Crippen molar-refractivity contribution in [3.05, 3.63) is 34.8 Å². The molecule has 1 aliphatic carbocycles. The van der Waals surface area contributed by atoms with E-state index in [1.807, 2.05) is 0 Å². The Bertz CT molecular complexity index is 685. The Morgan fingerprint density at radius 1 is 1.05 bits per heavy atom. The number of benzene rings is 1. The van der Waals surface area contributed by atoms with Crippen molar-refractivity contribution in [1.82, 2.24) is 4.98 Å². The van der Waals surface area contributed by atoms with Gasteiger partial charge in [-0.1, -0.05) is 6.42 Å². The summed E-state index contributed by atoms with van der Waals surface area (Å²) in [5, 5.41) is 0.185. The molecule has 1 aromatic heterocycles. The van der Waals surface area contributed by atoms with Crippen LogP contribution in [-0.2, 0) is 12.8 Å². The molecule has 0 spiro atoms. The molecule has 2 aromatic rings. The van der Waals surface area contributed by atoms with E-state index in [1.165, 1.54) is 0 Å². The van der Waals surface area contributed by atoms with Gasteiger partial charge in [0, 0.05) is 11.1 Å². The largest absolute Gasteiger partial charge is 0.323 e. The molecule has 0 saturated carbocycles. The SMILES string of the molecule is NNc1c2c(nc3c(F)c(F)c(F)cc13)CCCCC2. The van der Waals surface area contributed by atoms with E-state index in [0.29, 0.717) is 17.8 Å². The van der Waals surface area contributed by atoms with Crippen LogP contribution < -0.4 is 11.3 Å². The minimum absolute atomic E-state index is 0.169. The van der Waals surface area contributed by atoms with Gasteiger partial charge in [-0.3, -0.25) is 5.84 Å². The first-order valence-electron chi connectivity index (χ1n) is 6.59. The second kappa shape index (κ2) is 4.94. The van der Waals surface area contributed by atoms with Crippen molar-refractivity contribution in [1.29, 1.82) is 0 Å². The normalized spacial score (nSPS) is 15.0. The van der Waals surface area contributed by atoms with Crippen LogP contribution in [0.3, 0.4) is 0 Å². The van der Waals surface area contributed by atoms with E-state index in [-0.39, 0.29) is 10.9 Å². The third-order valence-electron chi connectivity index (χ3n) is 3.79. The van der Waals surface area contributed by atoms with E-state index < -0.39 is 17.5 Å². The van der Waals surface area contributed by atoms with Crippen molar-refractivity contribution in [2.24, 2.45) is 5.84 Å². The van der Waals surface area contributed by atoms with Gasteiger partial charge in [0.05, 0.1) is 5.69 Å². The Morgan fingerprint density at radius 2 is 1.80 bits per heavy atom. The molecule has 1 aromatic carbocycles. The van der Waals surface area contributed by atoms with E-state index in [0.717, 1.165) is 37.3 Å². The molecule has 3 rings (SSSR count). The quantitative estimate of drug-likeness (QED) is 0.365. The number of hydrogen-bond donors (Lipinski definition) is 2. The van der Waals surface area contributed by atoms with Crippen LogP contribution in [0.5, 0.6) is 0 Å².